The number of hydrogen-bond donors (Lipinski definition) is 0. The molecule has 9 nitrogen and oxygen atoms in total. The van der Waals surface area contributed by atoms with Gasteiger partial charge in [-0.1, -0.05) is 0 Å². The monoisotopic (exact) mass is 351 g/mol. The largest absolute Gasteiger partial charge is 0.496 e. The topological polar surface area (TPSA) is 108 Å². The fourth-order valence-corrected chi connectivity index (χ4v) is 2.23. The molecule has 0 spiro atoms. The summed E-state index contributed by atoms with van der Waals surface area (Å²) in [6, 6.07) is 2.48. The number of methoxy groups -OCH3 is 2. The van der Waals surface area contributed by atoms with E-state index in [2.05, 4.69) is 0 Å². The van der Waals surface area contributed by atoms with E-state index in [0.717, 1.165) is 0 Å². The maximum absolute atomic E-state index is 12.2. The Kier molecular flexibility index (Phi) is 5.58. The SMILES string of the molecule is CCOC(=O)c1c(OC)cc(C(=O)ON2C(=O)CCC2=O)cc1OC. The second-order valence-corrected chi connectivity index (χ2v) is 4.94. The van der Waals surface area contributed by atoms with Crippen LogP contribution in [0, 0.1) is 0 Å². The average molecular weight is 351 g/mol. The van der Waals surface area contributed by atoms with Gasteiger partial charge in [0.2, 0.25) is 0 Å². The molecule has 2 amide bonds. The number of esters is 1. The van der Waals surface area contributed by atoms with E-state index in [9.17, 15) is 19.2 Å². The lowest BCUT2D eigenvalue weighted by Gasteiger charge is -2.16. The summed E-state index contributed by atoms with van der Waals surface area (Å²) in [4.78, 5) is 52.2. The minimum Gasteiger partial charge on any atom is -0.496 e. The second kappa shape index (κ2) is 7.65. The van der Waals surface area contributed by atoms with Gasteiger partial charge in [-0.25, -0.2) is 9.59 Å². The molecule has 1 fully saturated rings. The molecule has 1 aliphatic heterocycles. The lowest BCUT2D eigenvalue weighted by molar-refractivity contribution is -0.172. The van der Waals surface area contributed by atoms with E-state index in [4.69, 9.17) is 19.0 Å². The Bertz CT molecular complexity index is 686. The number of ether oxygens (including phenoxy) is 3. The molecule has 0 bridgehead atoms. The van der Waals surface area contributed by atoms with E-state index in [1.54, 1.807) is 6.92 Å². The molecule has 1 aromatic rings. The fraction of sp³-hybridized carbons (Fsp3) is 0.375. The van der Waals surface area contributed by atoms with Gasteiger partial charge in [0.1, 0.15) is 17.1 Å². The molecule has 0 aromatic heterocycles. The van der Waals surface area contributed by atoms with Crippen LogP contribution in [0.4, 0.5) is 0 Å². The third-order valence-corrected chi connectivity index (χ3v) is 3.40. The maximum atomic E-state index is 12.2. The molecule has 0 N–H and O–H groups in total. The Labute approximate surface area is 143 Å². The Morgan fingerprint density at radius 1 is 1.00 bits per heavy atom. The standard InChI is InChI=1S/C16H17NO8/c1-4-24-16(21)14-10(22-2)7-9(8-11(14)23-3)15(20)25-17-12(18)5-6-13(17)19/h7-8H,4-6H2,1-3H3. The van der Waals surface area contributed by atoms with Crippen LogP contribution in [0.5, 0.6) is 11.5 Å². The van der Waals surface area contributed by atoms with Crippen molar-refractivity contribution in [1.82, 2.24) is 5.06 Å². The number of nitrogens with zero attached hydrogens (tertiary/aromatic N) is 1. The Morgan fingerprint density at radius 3 is 1.96 bits per heavy atom. The summed E-state index contributed by atoms with van der Waals surface area (Å²) in [5.74, 6) is -2.77. The summed E-state index contributed by atoms with van der Waals surface area (Å²) in [5.41, 5.74) is -0.0500. The summed E-state index contributed by atoms with van der Waals surface area (Å²) >= 11 is 0. The molecular weight excluding hydrogens is 334 g/mol. The zero-order valence-electron chi connectivity index (χ0n) is 14.0. The van der Waals surface area contributed by atoms with Gasteiger partial charge in [0, 0.05) is 12.8 Å². The first-order valence-corrected chi connectivity index (χ1v) is 7.44. The third kappa shape index (κ3) is 3.70. The highest BCUT2D eigenvalue weighted by molar-refractivity contribution is 6.03. The average Bonchev–Trinajstić information content (AvgIpc) is 2.92. The van der Waals surface area contributed by atoms with Crippen molar-refractivity contribution in [2.75, 3.05) is 20.8 Å². The molecule has 0 atom stereocenters. The molecule has 134 valence electrons. The highest BCUT2D eigenvalue weighted by atomic mass is 16.7. The summed E-state index contributed by atoms with van der Waals surface area (Å²) < 4.78 is 15.2. The first kappa shape index (κ1) is 18.2. The van der Waals surface area contributed by atoms with Gasteiger partial charge in [-0.15, -0.1) is 5.06 Å². The number of hydrogen-bond acceptors (Lipinski definition) is 8. The Balaban J connectivity index is 2.35. The summed E-state index contributed by atoms with van der Waals surface area (Å²) in [6.45, 7) is 1.79. The van der Waals surface area contributed by atoms with Crippen LogP contribution in [0.1, 0.15) is 40.5 Å². The van der Waals surface area contributed by atoms with Crippen LogP contribution in [0.3, 0.4) is 0 Å². The van der Waals surface area contributed by atoms with Gasteiger partial charge in [0.15, 0.2) is 0 Å². The van der Waals surface area contributed by atoms with Crippen molar-refractivity contribution in [2.24, 2.45) is 0 Å². The van der Waals surface area contributed by atoms with Crippen molar-refractivity contribution >= 4 is 23.8 Å². The van der Waals surface area contributed by atoms with E-state index in [1.807, 2.05) is 0 Å². The highest BCUT2D eigenvalue weighted by Crippen LogP contribution is 2.32. The van der Waals surface area contributed by atoms with Crippen molar-refractivity contribution in [1.29, 1.82) is 0 Å². The van der Waals surface area contributed by atoms with Crippen molar-refractivity contribution in [3.05, 3.63) is 23.3 Å². The van der Waals surface area contributed by atoms with E-state index in [1.165, 1.54) is 26.4 Å². The number of rotatable bonds is 6. The van der Waals surface area contributed by atoms with E-state index >= 15 is 0 Å². The molecule has 25 heavy (non-hydrogen) atoms. The number of carbonyl (C=O) groups is 4. The molecular formula is C16H17NO8. The number of benzene rings is 1. The first-order chi connectivity index (χ1) is 11.9. The number of hydroxylamine groups is 2. The quantitative estimate of drug-likeness (QED) is 0.554. The molecule has 0 aliphatic carbocycles. The van der Waals surface area contributed by atoms with Gasteiger partial charge in [-0.05, 0) is 19.1 Å². The van der Waals surface area contributed by atoms with Gasteiger partial charge in [-0.2, -0.15) is 0 Å². The number of amides is 2. The van der Waals surface area contributed by atoms with Crippen LogP contribution in [-0.4, -0.2) is 49.6 Å². The Morgan fingerprint density at radius 2 is 1.52 bits per heavy atom. The highest BCUT2D eigenvalue weighted by Gasteiger charge is 2.34. The van der Waals surface area contributed by atoms with Gasteiger partial charge >= 0.3 is 11.9 Å². The van der Waals surface area contributed by atoms with Gasteiger partial charge < -0.3 is 19.0 Å². The lowest BCUT2D eigenvalue weighted by Crippen LogP contribution is -2.32. The molecule has 2 rings (SSSR count). The van der Waals surface area contributed by atoms with Crippen molar-refractivity contribution in [2.45, 2.75) is 19.8 Å². The molecule has 1 aromatic carbocycles. The molecule has 0 radical (unpaired) electrons. The lowest BCUT2D eigenvalue weighted by atomic mass is 10.1. The molecule has 1 heterocycles. The summed E-state index contributed by atoms with van der Waals surface area (Å²) in [7, 11) is 2.61. The molecule has 1 aliphatic rings. The summed E-state index contributed by atoms with van der Waals surface area (Å²) in [6.07, 6.45) is -0.0267. The van der Waals surface area contributed by atoms with Crippen molar-refractivity contribution in [3.63, 3.8) is 0 Å². The summed E-state index contributed by atoms with van der Waals surface area (Å²) in [5, 5.41) is 0.431. The van der Waals surface area contributed by atoms with Crippen LogP contribution in [-0.2, 0) is 19.2 Å². The van der Waals surface area contributed by atoms with E-state index in [0.29, 0.717) is 5.06 Å². The van der Waals surface area contributed by atoms with E-state index in [-0.39, 0.29) is 42.1 Å². The second-order valence-electron chi connectivity index (χ2n) is 4.94. The normalized spacial score (nSPS) is 13.6. The van der Waals surface area contributed by atoms with Crippen LogP contribution >= 0.6 is 0 Å². The van der Waals surface area contributed by atoms with Gasteiger partial charge in [0.05, 0.1) is 26.4 Å². The third-order valence-electron chi connectivity index (χ3n) is 3.40. The Hall–Kier alpha value is -3.10. The van der Waals surface area contributed by atoms with Crippen LogP contribution in [0.15, 0.2) is 12.1 Å². The smallest absolute Gasteiger partial charge is 0.364 e. The molecule has 1 saturated heterocycles. The van der Waals surface area contributed by atoms with Crippen LogP contribution in [0.2, 0.25) is 0 Å². The fourth-order valence-electron chi connectivity index (χ4n) is 2.23. The van der Waals surface area contributed by atoms with Crippen molar-refractivity contribution in [3.8, 4) is 11.5 Å². The first-order valence-electron chi connectivity index (χ1n) is 7.44. The zero-order valence-corrected chi connectivity index (χ0v) is 14.0. The zero-order chi connectivity index (χ0) is 18.6. The maximum Gasteiger partial charge on any atom is 0.364 e. The van der Waals surface area contributed by atoms with E-state index < -0.39 is 23.8 Å². The molecule has 0 unspecified atom stereocenters. The van der Waals surface area contributed by atoms with Gasteiger partial charge in [0.25, 0.3) is 11.8 Å². The van der Waals surface area contributed by atoms with Gasteiger partial charge in [-0.3, -0.25) is 9.59 Å². The predicted octanol–water partition coefficient (Wildman–Crippen LogP) is 1.10. The molecule has 0 saturated carbocycles. The minimum atomic E-state index is -0.962. The minimum absolute atomic E-state index is 0.0109. The van der Waals surface area contributed by atoms with Crippen molar-refractivity contribution < 1.29 is 38.2 Å². The number of carbonyl (C=O) groups excluding carboxylic acids is 4. The van der Waals surface area contributed by atoms with Crippen LogP contribution in [0.25, 0.3) is 0 Å². The predicted molar refractivity (Wildman–Crippen MR) is 82.0 cm³/mol. The van der Waals surface area contributed by atoms with Crippen LogP contribution < -0.4 is 9.47 Å². The molecule has 9 heteroatoms. The number of imide groups is 1.